The van der Waals surface area contributed by atoms with Gasteiger partial charge in [-0.1, -0.05) is 12.1 Å². The predicted octanol–water partition coefficient (Wildman–Crippen LogP) is 1.65. The second-order valence-corrected chi connectivity index (χ2v) is 5.99. The van der Waals surface area contributed by atoms with Crippen LogP contribution in [-0.4, -0.2) is 20.5 Å². The average molecular weight is 278 g/mol. The topological polar surface area (TPSA) is 82.3 Å². The third-order valence-electron chi connectivity index (χ3n) is 2.61. The summed E-state index contributed by atoms with van der Waals surface area (Å²) in [5.41, 5.74) is 6.54. The van der Waals surface area contributed by atoms with E-state index in [1.165, 1.54) is 19.2 Å². The van der Waals surface area contributed by atoms with Gasteiger partial charge in [-0.2, -0.15) is 0 Å². The fourth-order valence-corrected chi connectivity index (χ4v) is 3.11. The molecule has 0 radical (unpaired) electrons. The van der Waals surface area contributed by atoms with E-state index in [0.29, 0.717) is 17.1 Å². The minimum absolute atomic E-state index is 0.173. The summed E-state index contributed by atoms with van der Waals surface area (Å²) in [7, 11) is -2.01. The maximum absolute atomic E-state index is 12.3. The summed E-state index contributed by atoms with van der Waals surface area (Å²) in [6, 6.07) is 9.57. The van der Waals surface area contributed by atoms with Crippen LogP contribution in [0.15, 0.2) is 47.5 Å². The van der Waals surface area contributed by atoms with Crippen molar-refractivity contribution in [3.63, 3.8) is 0 Å². The van der Waals surface area contributed by atoms with Crippen molar-refractivity contribution in [3.05, 3.63) is 48.2 Å². The second kappa shape index (κ2) is 5.27. The van der Waals surface area contributed by atoms with Gasteiger partial charge >= 0.3 is 0 Å². The van der Waals surface area contributed by atoms with Crippen LogP contribution in [0.1, 0.15) is 5.56 Å². The minimum Gasteiger partial charge on any atom is -0.481 e. The lowest BCUT2D eigenvalue weighted by molar-refractivity contribution is 0.394. The first-order valence-electron chi connectivity index (χ1n) is 5.59. The van der Waals surface area contributed by atoms with Crippen LogP contribution >= 0.6 is 0 Å². The van der Waals surface area contributed by atoms with Gasteiger partial charge in [-0.05, 0) is 24.3 Å². The first-order chi connectivity index (χ1) is 9.03. The van der Waals surface area contributed by atoms with Gasteiger partial charge < -0.3 is 10.5 Å². The molecule has 0 spiro atoms. The van der Waals surface area contributed by atoms with Gasteiger partial charge in [0.05, 0.1) is 17.8 Å². The van der Waals surface area contributed by atoms with Gasteiger partial charge in [0.1, 0.15) is 0 Å². The second-order valence-electron chi connectivity index (χ2n) is 4.00. The molecule has 2 rings (SSSR count). The van der Waals surface area contributed by atoms with Gasteiger partial charge in [0.15, 0.2) is 9.84 Å². The largest absolute Gasteiger partial charge is 0.481 e. The van der Waals surface area contributed by atoms with E-state index in [9.17, 15) is 8.42 Å². The van der Waals surface area contributed by atoms with Crippen LogP contribution in [0.3, 0.4) is 0 Å². The summed E-state index contributed by atoms with van der Waals surface area (Å²) in [5, 5.41) is 0. The Labute approximate surface area is 112 Å². The number of nitrogen functional groups attached to an aromatic ring is 1. The molecule has 0 saturated heterocycles. The van der Waals surface area contributed by atoms with E-state index < -0.39 is 9.84 Å². The van der Waals surface area contributed by atoms with Gasteiger partial charge in [0, 0.05) is 17.4 Å². The third kappa shape index (κ3) is 3.03. The number of methoxy groups -OCH3 is 1. The van der Waals surface area contributed by atoms with Gasteiger partial charge in [0.2, 0.25) is 5.88 Å². The number of anilines is 1. The smallest absolute Gasteiger partial charge is 0.217 e. The Morgan fingerprint density at radius 1 is 1.26 bits per heavy atom. The number of benzene rings is 1. The number of hydrogen-bond donors (Lipinski definition) is 1. The number of ether oxygens (including phenoxy) is 1. The van der Waals surface area contributed by atoms with Crippen LogP contribution in [0.25, 0.3) is 0 Å². The fraction of sp³-hybridized carbons (Fsp3) is 0.154. The molecule has 0 aliphatic heterocycles. The van der Waals surface area contributed by atoms with Gasteiger partial charge in [-0.25, -0.2) is 13.4 Å². The Morgan fingerprint density at radius 3 is 2.74 bits per heavy atom. The predicted molar refractivity (Wildman–Crippen MR) is 72.5 cm³/mol. The van der Waals surface area contributed by atoms with Crippen LogP contribution in [0.4, 0.5) is 5.69 Å². The molecule has 19 heavy (non-hydrogen) atoms. The van der Waals surface area contributed by atoms with E-state index in [1.807, 2.05) is 0 Å². The summed E-state index contributed by atoms with van der Waals surface area (Å²) < 4.78 is 29.6. The standard InChI is InChI=1S/C13H14N2O3S/c1-18-13-10(4-3-7-15-13)9-19(16,17)12-6-2-5-11(14)8-12/h2-8H,9,14H2,1H3. The molecule has 0 amide bonds. The lowest BCUT2D eigenvalue weighted by atomic mass is 10.3. The molecule has 0 aliphatic rings. The Morgan fingerprint density at radius 2 is 2.05 bits per heavy atom. The Kier molecular flexibility index (Phi) is 3.71. The SMILES string of the molecule is COc1ncccc1CS(=O)(=O)c1cccc(N)c1. The van der Waals surface area contributed by atoms with E-state index in [1.54, 1.807) is 30.5 Å². The van der Waals surface area contributed by atoms with E-state index >= 15 is 0 Å². The van der Waals surface area contributed by atoms with Crippen LogP contribution < -0.4 is 10.5 Å². The molecule has 0 fully saturated rings. The van der Waals surface area contributed by atoms with Gasteiger partial charge in [0.25, 0.3) is 0 Å². The first kappa shape index (κ1) is 13.4. The molecule has 100 valence electrons. The van der Waals surface area contributed by atoms with Crippen molar-refractivity contribution in [2.24, 2.45) is 0 Å². The maximum Gasteiger partial charge on any atom is 0.217 e. The zero-order valence-corrected chi connectivity index (χ0v) is 11.2. The molecule has 2 N–H and O–H groups in total. The van der Waals surface area contributed by atoms with Crippen molar-refractivity contribution in [2.45, 2.75) is 10.6 Å². The molecule has 5 nitrogen and oxygen atoms in total. The van der Waals surface area contributed by atoms with Crippen molar-refractivity contribution >= 4 is 15.5 Å². The highest BCUT2D eigenvalue weighted by molar-refractivity contribution is 7.90. The number of aromatic nitrogens is 1. The fourth-order valence-electron chi connectivity index (χ4n) is 1.71. The van der Waals surface area contributed by atoms with E-state index in [4.69, 9.17) is 10.5 Å². The molecule has 0 bridgehead atoms. The van der Waals surface area contributed by atoms with Crippen LogP contribution in [0.2, 0.25) is 0 Å². The Bertz CT molecular complexity index is 684. The molecule has 0 unspecified atom stereocenters. The van der Waals surface area contributed by atoms with Crippen molar-refractivity contribution < 1.29 is 13.2 Å². The van der Waals surface area contributed by atoms with Gasteiger partial charge in [-0.15, -0.1) is 0 Å². The third-order valence-corrected chi connectivity index (χ3v) is 4.27. The molecule has 0 atom stereocenters. The Balaban J connectivity index is 2.37. The molecular formula is C13H14N2O3S. The molecule has 0 saturated carbocycles. The highest BCUT2D eigenvalue weighted by Crippen LogP contribution is 2.22. The number of rotatable bonds is 4. The molecule has 1 aromatic heterocycles. The zero-order chi connectivity index (χ0) is 13.9. The number of nitrogens with two attached hydrogens (primary N) is 1. The molecule has 2 aromatic rings. The maximum atomic E-state index is 12.3. The summed E-state index contributed by atoms with van der Waals surface area (Å²) in [5.74, 6) is 0.142. The lowest BCUT2D eigenvalue weighted by Gasteiger charge is -2.08. The minimum atomic E-state index is -3.47. The summed E-state index contributed by atoms with van der Waals surface area (Å²) >= 11 is 0. The van der Waals surface area contributed by atoms with Crippen LogP contribution in [0, 0.1) is 0 Å². The van der Waals surface area contributed by atoms with E-state index in [-0.39, 0.29) is 10.6 Å². The molecule has 1 heterocycles. The van der Waals surface area contributed by atoms with E-state index in [2.05, 4.69) is 4.98 Å². The Hall–Kier alpha value is -2.08. The normalized spacial score (nSPS) is 11.2. The number of hydrogen-bond acceptors (Lipinski definition) is 5. The lowest BCUT2D eigenvalue weighted by Crippen LogP contribution is -2.07. The summed E-state index contributed by atoms with van der Waals surface area (Å²) in [4.78, 5) is 4.17. The number of pyridine rings is 1. The zero-order valence-electron chi connectivity index (χ0n) is 10.4. The first-order valence-corrected chi connectivity index (χ1v) is 7.24. The number of sulfone groups is 1. The molecule has 6 heteroatoms. The average Bonchev–Trinajstić information content (AvgIpc) is 2.39. The molecular weight excluding hydrogens is 264 g/mol. The van der Waals surface area contributed by atoms with Crippen molar-refractivity contribution in [1.29, 1.82) is 0 Å². The van der Waals surface area contributed by atoms with E-state index in [0.717, 1.165) is 0 Å². The van der Waals surface area contributed by atoms with Crippen molar-refractivity contribution in [3.8, 4) is 5.88 Å². The van der Waals surface area contributed by atoms with Gasteiger partial charge in [-0.3, -0.25) is 0 Å². The number of nitrogens with zero attached hydrogens (tertiary/aromatic N) is 1. The molecule has 1 aromatic carbocycles. The van der Waals surface area contributed by atoms with Crippen molar-refractivity contribution in [1.82, 2.24) is 4.98 Å². The quantitative estimate of drug-likeness (QED) is 0.860. The summed E-state index contributed by atoms with van der Waals surface area (Å²) in [6.07, 6.45) is 1.55. The highest BCUT2D eigenvalue weighted by atomic mass is 32.2. The molecule has 0 aliphatic carbocycles. The van der Waals surface area contributed by atoms with Crippen LogP contribution in [0.5, 0.6) is 5.88 Å². The summed E-state index contributed by atoms with van der Waals surface area (Å²) in [6.45, 7) is 0. The van der Waals surface area contributed by atoms with Crippen molar-refractivity contribution in [2.75, 3.05) is 12.8 Å². The highest BCUT2D eigenvalue weighted by Gasteiger charge is 2.18. The monoisotopic (exact) mass is 278 g/mol. The van der Waals surface area contributed by atoms with Crippen LogP contribution in [-0.2, 0) is 15.6 Å².